The summed E-state index contributed by atoms with van der Waals surface area (Å²) in [5.41, 5.74) is 5.74. The van der Waals surface area contributed by atoms with Crippen LogP contribution in [0.1, 0.15) is 18.2 Å². The SMILES string of the molecule is CCN1C=C/C(=C/C=C/c2ccc3ccccc3n2)c2ccccc21. The molecule has 1 aliphatic heterocycles. The van der Waals surface area contributed by atoms with Gasteiger partial charge in [0.25, 0.3) is 0 Å². The molecule has 122 valence electrons. The van der Waals surface area contributed by atoms with Crippen molar-refractivity contribution in [2.24, 2.45) is 0 Å². The summed E-state index contributed by atoms with van der Waals surface area (Å²) in [6, 6.07) is 20.9. The lowest BCUT2D eigenvalue weighted by Crippen LogP contribution is -2.18. The first-order chi connectivity index (χ1) is 12.3. The van der Waals surface area contributed by atoms with Crippen LogP contribution in [0.25, 0.3) is 22.6 Å². The molecule has 0 unspecified atom stereocenters. The van der Waals surface area contributed by atoms with Crippen LogP contribution in [-0.2, 0) is 0 Å². The third-order valence-electron chi connectivity index (χ3n) is 4.46. The first kappa shape index (κ1) is 15.4. The average Bonchev–Trinajstić information content (AvgIpc) is 2.68. The second-order valence-corrected chi connectivity index (χ2v) is 6.03. The molecule has 0 fully saturated rings. The molecule has 2 nitrogen and oxygen atoms in total. The molecule has 0 atom stereocenters. The summed E-state index contributed by atoms with van der Waals surface area (Å²) in [6.07, 6.45) is 10.6. The van der Waals surface area contributed by atoms with E-state index in [-0.39, 0.29) is 0 Å². The molecule has 25 heavy (non-hydrogen) atoms. The van der Waals surface area contributed by atoms with E-state index in [0.717, 1.165) is 17.8 Å². The van der Waals surface area contributed by atoms with Crippen LogP contribution in [-0.4, -0.2) is 11.5 Å². The van der Waals surface area contributed by atoms with Gasteiger partial charge in [-0.3, -0.25) is 0 Å². The van der Waals surface area contributed by atoms with E-state index in [1.807, 2.05) is 18.2 Å². The molecule has 0 radical (unpaired) electrons. The van der Waals surface area contributed by atoms with Crippen molar-refractivity contribution in [1.82, 2.24) is 4.98 Å². The lowest BCUT2D eigenvalue weighted by molar-refractivity contribution is 1.01. The minimum atomic E-state index is 0.970. The average molecular weight is 324 g/mol. The molecule has 0 N–H and O–H groups in total. The molecule has 4 rings (SSSR count). The number of para-hydroxylation sites is 2. The van der Waals surface area contributed by atoms with E-state index in [1.54, 1.807) is 0 Å². The lowest BCUT2D eigenvalue weighted by Gasteiger charge is -2.26. The van der Waals surface area contributed by atoms with Gasteiger partial charge in [0.2, 0.25) is 0 Å². The van der Waals surface area contributed by atoms with Crippen LogP contribution in [0.4, 0.5) is 5.69 Å². The van der Waals surface area contributed by atoms with Crippen molar-refractivity contribution >= 4 is 28.2 Å². The zero-order valence-electron chi connectivity index (χ0n) is 14.3. The Morgan fingerprint density at radius 3 is 2.72 bits per heavy atom. The highest BCUT2D eigenvalue weighted by atomic mass is 15.1. The lowest BCUT2D eigenvalue weighted by atomic mass is 9.99. The topological polar surface area (TPSA) is 16.1 Å². The largest absolute Gasteiger partial charge is 0.348 e. The number of benzene rings is 2. The van der Waals surface area contributed by atoms with Gasteiger partial charge in [-0.05, 0) is 42.8 Å². The Morgan fingerprint density at radius 2 is 1.80 bits per heavy atom. The molecule has 0 aliphatic carbocycles. The van der Waals surface area contributed by atoms with Gasteiger partial charge in [0.05, 0.1) is 11.2 Å². The van der Waals surface area contributed by atoms with E-state index in [0.29, 0.717) is 0 Å². The summed E-state index contributed by atoms with van der Waals surface area (Å²) >= 11 is 0. The third kappa shape index (κ3) is 3.11. The fourth-order valence-electron chi connectivity index (χ4n) is 3.15. The second kappa shape index (κ2) is 6.78. The third-order valence-corrected chi connectivity index (χ3v) is 4.46. The molecular weight excluding hydrogens is 304 g/mol. The molecular formula is C23H20N2. The van der Waals surface area contributed by atoms with Crippen molar-refractivity contribution < 1.29 is 0 Å². The fraction of sp³-hybridized carbons (Fsp3) is 0.0870. The van der Waals surface area contributed by atoms with Gasteiger partial charge >= 0.3 is 0 Å². The highest BCUT2D eigenvalue weighted by molar-refractivity contribution is 5.87. The molecule has 0 saturated heterocycles. The van der Waals surface area contributed by atoms with E-state index in [2.05, 4.69) is 89.8 Å². The Morgan fingerprint density at radius 1 is 0.960 bits per heavy atom. The Hall–Kier alpha value is -3.13. The number of hydrogen-bond acceptors (Lipinski definition) is 2. The maximum Gasteiger partial charge on any atom is 0.0709 e. The number of nitrogens with zero attached hydrogens (tertiary/aromatic N) is 2. The zero-order valence-corrected chi connectivity index (χ0v) is 14.3. The number of allylic oxidation sites excluding steroid dienone is 4. The molecule has 2 aromatic carbocycles. The molecule has 0 amide bonds. The van der Waals surface area contributed by atoms with Crippen LogP contribution in [0.2, 0.25) is 0 Å². The highest BCUT2D eigenvalue weighted by Crippen LogP contribution is 2.32. The molecule has 2 heterocycles. The van der Waals surface area contributed by atoms with Gasteiger partial charge in [-0.1, -0.05) is 54.6 Å². The maximum atomic E-state index is 4.69. The van der Waals surface area contributed by atoms with E-state index in [9.17, 15) is 0 Å². The summed E-state index contributed by atoms with van der Waals surface area (Å²) in [4.78, 5) is 6.95. The Bertz CT molecular complexity index is 996. The zero-order chi connectivity index (χ0) is 17.1. The van der Waals surface area contributed by atoms with E-state index >= 15 is 0 Å². The number of pyridine rings is 1. The summed E-state index contributed by atoms with van der Waals surface area (Å²) in [6.45, 7) is 3.14. The Balaban J connectivity index is 1.63. The van der Waals surface area contributed by atoms with Crippen molar-refractivity contribution in [3.8, 4) is 0 Å². The summed E-state index contributed by atoms with van der Waals surface area (Å²) in [5, 5.41) is 1.17. The number of hydrogen-bond donors (Lipinski definition) is 0. The van der Waals surface area contributed by atoms with Crippen molar-refractivity contribution in [2.45, 2.75) is 6.92 Å². The van der Waals surface area contributed by atoms with Gasteiger partial charge in [0.15, 0.2) is 0 Å². The van der Waals surface area contributed by atoms with Crippen molar-refractivity contribution in [3.63, 3.8) is 0 Å². The smallest absolute Gasteiger partial charge is 0.0709 e. The minimum Gasteiger partial charge on any atom is -0.348 e. The Labute approximate surface area is 148 Å². The van der Waals surface area contributed by atoms with Gasteiger partial charge in [0, 0.05) is 29.4 Å². The van der Waals surface area contributed by atoms with Crippen LogP contribution >= 0.6 is 0 Å². The Kier molecular flexibility index (Phi) is 4.17. The predicted molar refractivity (Wildman–Crippen MR) is 107 cm³/mol. The van der Waals surface area contributed by atoms with Gasteiger partial charge < -0.3 is 4.90 Å². The highest BCUT2D eigenvalue weighted by Gasteiger charge is 2.13. The van der Waals surface area contributed by atoms with Gasteiger partial charge in [-0.25, -0.2) is 4.98 Å². The monoisotopic (exact) mass is 324 g/mol. The van der Waals surface area contributed by atoms with E-state index in [1.165, 1.54) is 22.2 Å². The van der Waals surface area contributed by atoms with Crippen molar-refractivity contribution in [3.05, 3.63) is 96.3 Å². The molecule has 0 bridgehead atoms. The summed E-state index contributed by atoms with van der Waals surface area (Å²) < 4.78 is 0. The van der Waals surface area contributed by atoms with Crippen molar-refractivity contribution in [2.75, 3.05) is 11.4 Å². The molecule has 1 aromatic heterocycles. The fourth-order valence-corrected chi connectivity index (χ4v) is 3.15. The van der Waals surface area contributed by atoms with Crippen LogP contribution in [0, 0.1) is 0 Å². The standard InChI is InChI=1S/C23H20N2/c1-2-25-17-16-18(21-11-4-6-13-23(21)25)9-7-10-20-15-14-19-8-3-5-12-22(19)24-20/h3-17H,2H2,1H3/b10-7+,18-9-. The predicted octanol–water partition coefficient (Wildman–Crippen LogP) is 5.69. The summed E-state index contributed by atoms with van der Waals surface area (Å²) in [7, 11) is 0. The molecule has 0 saturated carbocycles. The number of aromatic nitrogens is 1. The first-order valence-electron chi connectivity index (χ1n) is 8.63. The van der Waals surface area contributed by atoms with Crippen molar-refractivity contribution in [1.29, 1.82) is 0 Å². The summed E-state index contributed by atoms with van der Waals surface area (Å²) in [5.74, 6) is 0. The maximum absolute atomic E-state index is 4.69. The van der Waals surface area contributed by atoms with Gasteiger partial charge in [-0.2, -0.15) is 0 Å². The van der Waals surface area contributed by atoms with Crippen LogP contribution < -0.4 is 4.90 Å². The molecule has 1 aliphatic rings. The van der Waals surface area contributed by atoms with Crippen LogP contribution in [0.15, 0.2) is 85.1 Å². The van der Waals surface area contributed by atoms with Crippen LogP contribution in [0.5, 0.6) is 0 Å². The van der Waals surface area contributed by atoms with E-state index in [4.69, 9.17) is 0 Å². The molecule has 2 heteroatoms. The number of fused-ring (bicyclic) bond motifs is 2. The van der Waals surface area contributed by atoms with E-state index < -0.39 is 0 Å². The quantitative estimate of drug-likeness (QED) is 0.615. The number of rotatable bonds is 3. The minimum absolute atomic E-state index is 0.970. The normalized spacial score (nSPS) is 15.2. The van der Waals surface area contributed by atoms with Gasteiger partial charge in [-0.15, -0.1) is 0 Å². The second-order valence-electron chi connectivity index (χ2n) is 6.03. The number of anilines is 1. The van der Waals surface area contributed by atoms with Gasteiger partial charge in [0.1, 0.15) is 0 Å². The molecule has 3 aromatic rings. The molecule has 0 spiro atoms. The first-order valence-corrected chi connectivity index (χ1v) is 8.63. The van der Waals surface area contributed by atoms with Crippen LogP contribution in [0.3, 0.4) is 0 Å².